The molecule has 36 heavy (non-hydrogen) atoms. The summed E-state index contributed by atoms with van der Waals surface area (Å²) in [5.74, 6) is 1.82. The highest BCUT2D eigenvalue weighted by atomic mass is 35.5. The van der Waals surface area contributed by atoms with E-state index >= 15 is 0 Å². The molecule has 2 heterocycles. The Balaban J connectivity index is 1.39. The average Bonchev–Trinajstić information content (AvgIpc) is 3.40. The number of nitrogens with zero attached hydrogens (tertiary/aromatic N) is 4. The summed E-state index contributed by atoms with van der Waals surface area (Å²) in [4.78, 5) is 14.0. The topological polar surface area (TPSA) is 92.8 Å². The van der Waals surface area contributed by atoms with Gasteiger partial charge in [-0.25, -0.2) is 0 Å². The standard InChI is InChI=1S/C26H30ClN5O2S2/c1-5-32-22(14-34-20-9-7-6-8-19(20)27)30-31-25(32)35-15-23(33)29-24-18(13-28)17-11-10-16(26(2,3)4)12-21(17)36-24/h6-9,16H,5,10-12,14-15H2,1-4H3,(H,29,33). The Bertz CT molecular complexity index is 1290. The van der Waals surface area contributed by atoms with E-state index in [0.29, 0.717) is 44.8 Å². The van der Waals surface area contributed by atoms with Crippen LogP contribution < -0.4 is 10.1 Å². The molecule has 1 aromatic carbocycles. The minimum absolute atomic E-state index is 0.165. The molecule has 0 saturated carbocycles. The summed E-state index contributed by atoms with van der Waals surface area (Å²) in [5.41, 5.74) is 1.96. The maximum atomic E-state index is 12.8. The van der Waals surface area contributed by atoms with E-state index in [-0.39, 0.29) is 23.7 Å². The molecule has 0 fully saturated rings. The molecule has 0 saturated heterocycles. The molecule has 0 spiro atoms. The largest absolute Gasteiger partial charge is 0.484 e. The van der Waals surface area contributed by atoms with Crippen molar-refractivity contribution in [3.63, 3.8) is 0 Å². The van der Waals surface area contributed by atoms with Gasteiger partial charge in [0.1, 0.15) is 23.4 Å². The maximum Gasteiger partial charge on any atom is 0.235 e. The second-order valence-electron chi connectivity index (χ2n) is 9.82. The number of aromatic nitrogens is 3. The lowest BCUT2D eigenvalue weighted by Crippen LogP contribution is -2.26. The van der Waals surface area contributed by atoms with Gasteiger partial charge in [0.15, 0.2) is 11.0 Å². The number of amides is 1. The molecule has 7 nitrogen and oxygen atoms in total. The van der Waals surface area contributed by atoms with Crippen LogP contribution >= 0.6 is 34.7 Å². The molecule has 1 aliphatic carbocycles. The third-order valence-electron chi connectivity index (χ3n) is 6.49. The van der Waals surface area contributed by atoms with Gasteiger partial charge in [-0.1, -0.05) is 56.3 Å². The molecule has 1 unspecified atom stereocenters. The van der Waals surface area contributed by atoms with Crippen LogP contribution in [0.1, 0.15) is 55.9 Å². The van der Waals surface area contributed by atoms with Gasteiger partial charge in [0.2, 0.25) is 5.91 Å². The lowest BCUT2D eigenvalue weighted by Gasteiger charge is -2.33. The summed E-state index contributed by atoms with van der Waals surface area (Å²) >= 11 is 9.03. The molecule has 0 aliphatic heterocycles. The Morgan fingerprint density at radius 2 is 2.14 bits per heavy atom. The van der Waals surface area contributed by atoms with Crippen molar-refractivity contribution in [2.75, 3.05) is 11.1 Å². The van der Waals surface area contributed by atoms with Crippen LogP contribution in [0.3, 0.4) is 0 Å². The van der Waals surface area contributed by atoms with E-state index in [0.717, 1.165) is 24.8 Å². The molecule has 1 N–H and O–H groups in total. The van der Waals surface area contributed by atoms with Gasteiger partial charge in [-0.3, -0.25) is 4.79 Å². The van der Waals surface area contributed by atoms with Crippen LogP contribution in [0.15, 0.2) is 29.4 Å². The maximum absolute atomic E-state index is 12.8. The van der Waals surface area contributed by atoms with Gasteiger partial charge in [-0.2, -0.15) is 5.26 Å². The number of hydrogen-bond acceptors (Lipinski definition) is 7. The summed E-state index contributed by atoms with van der Waals surface area (Å²) in [6, 6.07) is 9.60. The Labute approximate surface area is 225 Å². The smallest absolute Gasteiger partial charge is 0.235 e. The van der Waals surface area contributed by atoms with E-state index < -0.39 is 0 Å². The Hall–Kier alpha value is -2.54. The van der Waals surface area contributed by atoms with Crippen LogP contribution in [0.4, 0.5) is 5.00 Å². The molecule has 190 valence electrons. The van der Waals surface area contributed by atoms with Gasteiger partial charge in [0, 0.05) is 11.4 Å². The monoisotopic (exact) mass is 543 g/mol. The van der Waals surface area contributed by atoms with E-state index in [4.69, 9.17) is 16.3 Å². The van der Waals surface area contributed by atoms with Gasteiger partial charge in [0.25, 0.3) is 0 Å². The van der Waals surface area contributed by atoms with Crippen LogP contribution in [0.25, 0.3) is 0 Å². The molecule has 4 rings (SSSR count). The molecule has 2 aromatic heterocycles. The molecular formula is C26H30ClN5O2S2. The quantitative estimate of drug-likeness (QED) is 0.333. The number of hydrogen-bond donors (Lipinski definition) is 1. The van der Waals surface area contributed by atoms with Crippen LogP contribution in [0.2, 0.25) is 5.02 Å². The SMILES string of the molecule is CCn1c(COc2ccccc2Cl)nnc1SCC(=O)Nc1sc2c(c1C#N)CCC(C(C)(C)C)C2. The number of carbonyl (C=O) groups is 1. The molecular weight excluding hydrogens is 514 g/mol. The van der Waals surface area contributed by atoms with Crippen LogP contribution in [-0.2, 0) is 30.8 Å². The Kier molecular flexibility index (Phi) is 8.28. The van der Waals surface area contributed by atoms with Crippen molar-refractivity contribution in [2.24, 2.45) is 11.3 Å². The number of nitrogens with one attached hydrogen (secondary N) is 1. The lowest BCUT2D eigenvalue weighted by atomic mass is 9.72. The summed E-state index contributed by atoms with van der Waals surface area (Å²) in [7, 11) is 0. The van der Waals surface area contributed by atoms with Gasteiger partial charge < -0.3 is 14.6 Å². The normalized spacial score (nSPS) is 15.3. The molecule has 0 bridgehead atoms. The van der Waals surface area contributed by atoms with Crippen molar-refractivity contribution in [1.29, 1.82) is 5.26 Å². The third kappa shape index (κ3) is 5.88. The summed E-state index contributed by atoms with van der Waals surface area (Å²) in [6.45, 7) is 9.66. The van der Waals surface area contributed by atoms with Gasteiger partial charge >= 0.3 is 0 Å². The minimum atomic E-state index is -0.165. The van der Waals surface area contributed by atoms with Crippen molar-refractivity contribution >= 4 is 45.6 Å². The molecule has 1 aliphatic rings. The molecule has 3 aromatic rings. The third-order valence-corrected chi connectivity index (χ3v) is 8.94. The zero-order valence-corrected chi connectivity index (χ0v) is 23.3. The summed E-state index contributed by atoms with van der Waals surface area (Å²) < 4.78 is 7.73. The number of thiophene rings is 1. The van der Waals surface area contributed by atoms with Gasteiger partial charge in [0.05, 0.1) is 16.3 Å². The van der Waals surface area contributed by atoms with E-state index in [1.165, 1.54) is 16.6 Å². The first-order chi connectivity index (χ1) is 17.2. The van der Waals surface area contributed by atoms with E-state index in [1.807, 2.05) is 23.6 Å². The van der Waals surface area contributed by atoms with Crippen LogP contribution in [0, 0.1) is 22.7 Å². The number of rotatable bonds is 8. The number of carbonyl (C=O) groups excluding carboxylic acids is 1. The zero-order chi connectivity index (χ0) is 25.9. The van der Waals surface area contributed by atoms with Crippen molar-refractivity contribution in [1.82, 2.24) is 14.8 Å². The van der Waals surface area contributed by atoms with Crippen molar-refractivity contribution in [3.05, 3.63) is 51.1 Å². The predicted molar refractivity (Wildman–Crippen MR) is 145 cm³/mol. The first kappa shape index (κ1) is 26.5. The van der Waals surface area contributed by atoms with Crippen molar-refractivity contribution < 1.29 is 9.53 Å². The van der Waals surface area contributed by atoms with E-state index in [1.54, 1.807) is 23.5 Å². The molecule has 10 heteroatoms. The number of thioether (sulfide) groups is 1. The van der Waals surface area contributed by atoms with Crippen LogP contribution in [0.5, 0.6) is 5.75 Å². The zero-order valence-electron chi connectivity index (χ0n) is 20.9. The van der Waals surface area contributed by atoms with E-state index in [9.17, 15) is 10.1 Å². The fourth-order valence-corrected chi connectivity index (χ4v) is 6.68. The van der Waals surface area contributed by atoms with Crippen molar-refractivity contribution in [3.8, 4) is 11.8 Å². The molecule has 1 amide bonds. The minimum Gasteiger partial charge on any atom is -0.484 e. The number of nitriles is 1. The fraction of sp³-hybridized carbons (Fsp3) is 0.462. The highest BCUT2D eigenvalue weighted by Gasteiger charge is 2.32. The van der Waals surface area contributed by atoms with Gasteiger partial charge in [-0.15, -0.1) is 21.5 Å². The second kappa shape index (κ2) is 11.2. The first-order valence-corrected chi connectivity index (χ1v) is 14.2. The first-order valence-electron chi connectivity index (χ1n) is 12.0. The Morgan fingerprint density at radius 3 is 2.83 bits per heavy atom. The van der Waals surface area contributed by atoms with E-state index in [2.05, 4.69) is 42.4 Å². The average molecular weight is 544 g/mol. The molecule has 1 atom stereocenters. The highest BCUT2D eigenvalue weighted by Crippen LogP contribution is 2.44. The number of anilines is 1. The second-order valence-corrected chi connectivity index (χ2v) is 12.3. The predicted octanol–water partition coefficient (Wildman–Crippen LogP) is 6.35. The Morgan fingerprint density at radius 1 is 1.36 bits per heavy atom. The number of benzene rings is 1. The number of ether oxygens (including phenoxy) is 1. The van der Waals surface area contributed by atoms with Crippen LogP contribution in [-0.4, -0.2) is 26.4 Å². The fourth-order valence-electron chi connectivity index (χ4n) is 4.38. The number of halogens is 1. The summed E-state index contributed by atoms with van der Waals surface area (Å²) in [6.07, 6.45) is 2.92. The van der Waals surface area contributed by atoms with Gasteiger partial charge in [-0.05, 0) is 55.2 Å². The highest BCUT2D eigenvalue weighted by molar-refractivity contribution is 7.99. The molecule has 0 radical (unpaired) electrons. The number of para-hydroxylation sites is 1. The van der Waals surface area contributed by atoms with Crippen molar-refractivity contribution in [2.45, 2.75) is 65.3 Å². The summed E-state index contributed by atoms with van der Waals surface area (Å²) in [5, 5.41) is 23.1. The lowest BCUT2D eigenvalue weighted by molar-refractivity contribution is -0.113. The number of fused-ring (bicyclic) bond motifs is 1.